The normalized spacial score (nSPS) is 15.6. The second-order valence-electron chi connectivity index (χ2n) is 12.3. The van der Waals surface area contributed by atoms with Gasteiger partial charge < -0.3 is 34.4 Å². The molecule has 1 unspecified atom stereocenters. The Morgan fingerprint density at radius 3 is 2.83 bits per heavy atom. The number of carbonyl (C=O) groups excluding carboxylic acids is 1. The molecule has 2 aliphatic rings. The SMILES string of the molecule is CC(Nc1ncnc2c(O)c3c(cc12)N(CC1CC1)CCO3)c1cccc(COCCCN(C)C(=O)OC(C)(C)C)c1. The Hall–Kier alpha value is -3.79. The molecule has 1 aromatic heterocycles. The minimum atomic E-state index is -0.508. The van der Waals surface area contributed by atoms with Crippen molar-refractivity contribution in [1.82, 2.24) is 14.9 Å². The van der Waals surface area contributed by atoms with E-state index in [9.17, 15) is 9.90 Å². The van der Waals surface area contributed by atoms with E-state index >= 15 is 0 Å². The zero-order chi connectivity index (χ0) is 29.9. The summed E-state index contributed by atoms with van der Waals surface area (Å²) in [5.74, 6) is 1.96. The van der Waals surface area contributed by atoms with Gasteiger partial charge in [-0.2, -0.15) is 0 Å². The standard InChI is InChI=1S/C32H43N5O5/c1-21(24-9-6-8-23(16-24)19-40-14-7-12-36(5)31(39)42-32(2,3)4)35-30-25-17-26-29(28(38)27(25)33-20-34-30)41-15-13-37(26)18-22-10-11-22/h6,8-9,16-17,20-22,38H,7,10-15,18-19H2,1-5H3,(H,33,34,35). The maximum Gasteiger partial charge on any atom is 0.410 e. The summed E-state index contributed by atoms with van der Waals surface area (Å²) in [5, 5.41) is 15.4. The number of anilines is 2. The fourth-order valence-electron chi connectivity index (χ4n) is 5.09. The van der Waals surface area contributed by atoms with Crippen molar-refractivity contribution < 1.29 is 24.1 Å². The van der Waals surface area contributed by atoms with Gasteiger partial charge in [0.25, 0.3) is 0 Å². The third kappa shape index (κ3) is 7.34. The lowest BCUT2D eigenvalue weighted by molar-refractivity contribution is 0.0276. The number of carbonyl (C=O) groups is 1. The van der Waals surface area contributed by atoms with Crippen LogP contribution in [0.4, 0.5) is 16.3 Å². The molecule has 0 spiro atoms. The Bertz CT molecular complexity index is 1400. The topological polar surface area (TPSA) is 109 Å². The molecule has 1 atom stereocenters. The summed E-state index contributed by atoms with van der Waals surface area (Å²) >= 11 is 0. The van der Waals surface area contributed by atoms with Crippen LogP contribution in [0.5, 0.6) is 11.5 Å². The van der Waals surface area contributed by atoms with Crippen molar-refractivity contribution in [3.05, 3.63) is 47.8 Å². The van der Waals surface area contributed by atoms with Crippen LogP contribution in [0.3, 0.4) is 0 Å². The van der Waals surface area contributed by atoms with Crippen LogP contribution in [-0.4, -0.2) is 71.6 Å². The highest BCUT2D eigenvalue weighted by atomic mass is 16.6. The molecule has 1 saturated carbocycles. The van der Waals surface area contributed by atoms with Crippen molar-refractivity contribution in [2.75, 3.05) is 50.1 Å². The maximum absolute atomic E-state index is 12.1. The highest BCUT2D eigenvalue weighted by molar-refractivity contribution is 5.99. The minimum absolute atomic E-state index is 0.0532. The molecule has 0 saturated heterocycles. The van der Waals surface area contributed by atoms with Crippen molar-refractivity contribution in [2.24, 2.45) is 5.92 Å². The van der Waals surface area contributed by atoms with E-state index in [4.69, 9.17) is 14.2 Å². The largest absolute Gasteiger partial charge is 0.503 e. The first-order valence-electron chi connectivity index (χ1n) is 14.8. The number of nitrogens with zero attached hydrogens (tertiary/aromatic N) is 4. The van der Waals surface area contributed by atoms with Crippen LogP contribution in [0.25, 0.3) is 10.9 Å². The second kappa shape index (κ2) is 12.6. The van der Waals surface area contributed by atoms with Crippen molar-refractivity contribution >= 4 is 28.5 Å². The predicted octanol–water partition coefficient (Wildman–Crippen LogP) is 5.89. The average molecular weight is 578 g/mol. The fraction of sp³-hybridized carbons (Fsp3) is 0.531. The fourth-order valence-corrected chi connectivity index (χ4v) is 5.09. The molecular weight excluding hydrogens is 534 g/mol. The first-order chi connectivity index (χ1) is 20.1. The highest BCUT2D eigenvalue weighted by Gasteiger charge is 2.30. The minimum Gasteiger partial charge on any atom is -0.503 e. The van der Waals surface area contributed by atoms with Gasteiger partial charge in [0.15, 0.2) is 11.5 Å². The van der Waals surface area contributed by atoms with E-state index in [1.807, 2.05) is 39.0 Å². The zero-order valence-corrected chi connectivity index (χ0v) is 25.4. The first kappa shape index (κ1) is 29.7. The molecule has 3 aromatic rings. The quantitative estimate of drug-likeness (QED) is 0.270. The van der Waals surface area contributed by atoms with Crippen LogP contribution in [0.1, 0.15) is 64.1 Å². The van der Waals surface area contributed by atoms with E-state index in [-0.39, 0.29) is 17.9 Å². The molecule has 2 N–H and O–H groups in total. The average Bonchev–Trinajstić information content (AvgIpc) is 3.77. The molecule has 2 heterocycles. The summed E-state index contributed by atoms with van der Waals surface area (Å²) in [6.45, 7) is 11.6. The molecular formula is C32H43N5O5. The lowest BCUT2D eigenvalue weighted by Crippen LogP contribution is -2.35. The molecule has 10 nitrogen and oxygen atoms in total. The van der Waals surface area contributed by atoms with Gasteiger partial charge in [-0.1, -0.05) is 24.3 Å². The molecule has 226 valence electrons. The van der Waals surface area contributed by atoms with Crippen LogP contribution >= 0.6 is 0 Å². The summed E-state index contributed by atoms with van der Waals surface area (Å²) < 4.78 is 17.2. The molecule has 10 heteroatoms. The van der Waals surface area contributed by atoms with Crippen LogP contribution < -0.4 is 15.0 Å². The summed E-state index contributed by atoms with van der Waals surface area (Å²) in [5.41, 5.74) is 3.03. The third-order valence-corrected chi connectivity index (χ3v) is 7.52. The van der Waals surface area contributed by atoms with Crippen molar-refractivity contribution in [2.45, 2.75) is 65.2 Å². The molecule has 1 fully saturated rings. The lowest BCUT2D eigenvalue weighted by Gasteiger charge is -2.32. The van der Waals surface area contributed by atoms with Gasteiger partial charge in [0.05, 0.1) is 18.8 Å². The maximum atomic E-state index is 12.1. The summed E-state index contributed by atoms with van der Waals surface area (Å²) in [6, 6.07) is 10.3. The molecule has 42 heavy (non-hydrogen) atoms. The van der Waals surface area contributed by atoms with Crippen LogP contribution in [0.2, 0.25) is 0 Å². The number of aromatic hydroxyl groups is 1. The molecule has 1 aliphatic heterocycles. The van der Waals surface area contributed by atoms with Gasteiger partial charge in [-0.15, -0.1) is 0 Å². The lowest BCUT2D eigenvalue weighted by atomic mass is 10.0. The van der Waals surface area contributed by atoms with E-state index < -0.39 is 5.60 Å². The molecule has 1 aliphatic carbocycles. The van der Waals surface area contributed by atoms with Gasteiger partial charge >= 0.3 is 6.09 Å². The number of ether oxygens (including phenoxy) is 3. The van der Waals surface area contributed by atoms with E-state index in [0.717, 1.165) is 35.3 Å². The number of nitrogens with one attached hydrogen (secondary N) is 1. The Morgan fingerprint density at radius 2 is 2.07 bits per heavy atom. The zero-order valence-electron chi connectivity index (χ0n) is 25.4. The van der Waals surface area contributed by atoms with Gasteiger partial charge in [0, 0.05) is 38.2 Å². The highest BCUT2D eigenvalue weighted by Crippen LogP contribution is 2.46. The summed E-state index contributed by atoms with van der Waals surface area (Å²) in [4.78, 5) is 24.9. The van der Waals surface area contributed by atoms with E-state index in [0.29, 0.717) is 55.8 Å². The number of phenols is 1. The van der Waals surface area contributed by atoms with E-state index in [1.165, 1.54) is 19.2 Å². The number of aromatic nitrogens is 2. The van der Waals surface area contributed by atoms with E-state index in [1.54, 1.807) is 11.9 Å². The summed E-state index contributed by atoms with van der Waals surface area (Å²) in [7, 11) is 1.74. The number of fused-ring (bicyclic) bond motifs is 2. The Morgan fingerprint density at radius 1 is 1.26 bits per heavy atom. The number of hydrogen-bond donors (Lipinski definition) is 2. The van der Waals surface area contributed by atoms with Gasteiger partial charge in [-0.05, 0) is 70.1 Å². The molecule has 0 bridgehead atoms. The number of amides is 1. The van der Waals surface area contributed by atoms with Crippen LogP contribution in [0.15, 0.2) is 36.7 Å². The van der Waals surface area contributed by atoms with E-state index in [2.05, 4.69) is 39.2 Å². The number of rotatable bonds is 11. The van der Waals surface area contributed by atoms with Gasteiger partial charge in [-0.3, -0.25) is 0 Å². The van der Waals surface area contributed by atoms with Gasteiger partial charge in [-0.25, -0.2) is 14.8 Å². The van der Waals surface area contributed by atoms with Gasteiger partial charge in [0.1, 0.15) is 29.9 Å². The second-order valence-corrected chi connectivity index (χ2v) is 12.3. The van der Waals surface area contributed by atoms with Crippen molar-refractivity contribution in [1.29, 1.82) is 0 Å². The van der Waals surface area contributed by atoms with Crippen LogP contribution in [-0.2, 0) is 16.1 Å². The smallest absolute Gasteiger partial charge is 0.410 e. The Labute approximate surface area is 248 Å². The Kier molecular flexibility index (Phi) is 8.91. The number of benzene rings is 2. The Balaban J connectivity index is 1.21. The van der Waals surface area contributed by atoms with Crippen molar-refractivity contribution in [3.63, 3.8) is 0 Å². The first-order valence-corrected chi connectivity index (χ1v) is 14.8. The molecule has 0 radical (unpaired) electrons. The molecule has 5 rings (SSSR count). The van der Waals surface area contributed by atoms with Crippen LogP contribution in [0, 0.1) is 5.92 Å². The monoisotopic (exact) mass is 577 g/mol. The summed E-state index contributed by atoms with van der Waals surface area (Å²) in [6.07, 6.45) is 4.38. The van der Waals surface area contributed by atoms with Crippen molar-refractivity contribution in [3.8, 4) is 11.5 Å². The number of phenolic OH excluding ortho intramolecular Hbond substituents is 1. The van der Waals surface area contributed by atoms with Gasteiger partial charge in [0.2, 0.25) is 0 Å². The molecule has 2 aromatic carbocycles. The third-order valence-electron chi connectivity index (χ3n) is 7.52. The molecule has 1 amide bonds. The number of hydrogen-bond acceptors (Lipinski definition) is 9. The predicted molar refractivity (Wildman–Crippen MR) is 163 cm³/mol.